The van der Waals surface area contributed by atoms with E-state index in [4.69, 9.17) is 9.47 Å². The van der Waals surface area contributed by atoms with Crippen molar-refractivity contribution in [1.82, 2.24) is 5.32 Å². The third kappa shape index (κ3) is 5.34. The van der Waals surface area contributed by atoms with Gasteiger partial charge in [0.2, 0.25) is 0 Å². The van der Waals surface area contributed by atoms with Crippen LogP contribution in [0.4, 0.5) is 4.79 Å². The van der Waals surface area contributed by atoms with Gasteiger partial charge in [0.15, 0.2) is 0 Å². The second-order valence-electron chi connectivity index (χ2n) is 5.03. The Morgan fingerprint density at radius 3 is 2.62 bits per heavy atom. The lowest BCUT2D eigenvalue weighted by molar-refractivity contribution is 0.00463. The molecule has 0 spiro atoms. The number of rotatable bonds is 2. The van der Waals surface area contributed by atoms with E-state index < -0.39 is 5.60 Å². The highest BCUT2D eigenvalue weighted by Gasteiger charge is 2.24. The fourth-order valence-corrected chi connectivity index (χ4v) is 2.21. The molecule has 0 aromatic carbocycles. The van der Waals surface area contributed by atoms with Gasteiger partial charge >= 0.3 is 6.09 Å². The van der Waals surface area contributed by atoms with Crippen molar-refractivity contribution in [2.24, 2.45) is 0 Å². The van der Waals surface area contributed by atoms with E-state index in [1.54, 1.807) is 0 Å². The summed E-state index contributed by atoms with van der Waals surface area (Å²) in [5.74, 6) is 0. The predicted molar refractivity (Wildman–Crippen MR) is 71.0 cm³/mol. The minimum absolute atomic E-state index is 0.0917. The summed E-state index contributed by atoms with van der Waals surface area (Å²) >= 11 is 2.32. The SMILES string of the molecule is CC(C)(C)OC(=O)NC1CCC(CI)OC1. The normalized spacial score (nSPS) is 26.2. The molecule has 0 aromatic heterocycles. The molecule has 2 unspecified atom stereocenters. The molecular weight excluding hydrogens is 321 g/mol. The molecule has 0 aliphatic carbocycles. The zero-order chi connectivity index (χ0) is 12.2. The Balaban J connectivity index is 2.26. The average Bonchev–Trinajstić information content (AvgIpc) is 2.16. The fourth-order valence-electron chi connectivity index (χ4n) is 1.52. The van der Waals surface area contributed by atoms with Crippen molar-refractivity contribution < 1.29 is 14.3 Å². The minimum Gasteiger partial charge on any atom is -0.444 e. The lowest BCUT2D eigenvalue weighted by atomic mass is 10.1. The summed E-state index contributed by atoms with van der Waals surface area (Å²) in [6.07, 6.45) is 1.96. The molecule has 5 heteroatoms. The zero-order valence-corrected chi connectivity index (χ0v) is 12.2. The topological polar surface area (TPSA) is 47.6 Å². The van der Waals surface area contributed by atoms with Crippen LogP contribution in [0.2, 0.25) is 0 Å². The average molecular weight is 341 g/mol. The Labute approximate surface area is 111 Å². The lowest BCUT2D eigenvalue weighted by Gasteiger charge is -2.29. The van der Waals surface area contributed by atoms with Gasteiger partial charge in [-0.3, -0.25) is 0 Å². The van der Waals surface area contributed by atoms with Crippen LogP contribution in [0.3, 0.4) is 0 Å². The van der Waals surface area contributed by atoms with Crippen molar-refractivity contribution in [2.45, 2.75) is 51.4 Å². The van der Waals surface area contributed by atoms with Gasteiger partial charge in [0.05, 0.1) is 18.8 Å². The number of carbonyl (C=O) groups is 1. The largest absolute Gasteiger partial charge is 0.444 e. The Bertz CT molecular complexity index is 232. The number of ether oxygens (including phenoxy) is 2. The van der Waals surface area contributed by atoms with E-state index in [-0.39, 0.29) is 12.1 Å². The van der Waals surface area contributed by atoms with Crippen molar-refractivity contribution in [1.29, 1.82) is 0 Å². The van der Waals surface area contributed by atoms with Crippen LogP contribution >= 0.6 is 22.6 Å². The number of hydrogen-bond acceptors (Lipinski definition) is 3. The van der Waals surface area contributed by atoms with E-state index in [0.717, 1.165) is 17.3 Å². The number of hydrogen-bond donors (Lipinski definition) is 1. The zero-order valence-electron chi connectivity index (χ0n) is 10.1. The highest BCUT2D eigenvalue weighted by Crippen LogP contribution is 2.16. The number of nitrogens with one attached hydrogen (secondary N) is 1. The maximum Gasteiger partial charge on any atom is 0.407 e. The van der Waals surface area contributed by atoms with Gasteiger partial charge in [0.1, 0.15) is 5.60 Å². The van der Waals surface area contributed by atoms with Crippen molar-refractivity contribution in [3.05, 3.63) is 0 Å². The van der Waals surface area contributed by atoms with Crippen LogP contribution in [0, 0.1) is 0 Å². The van der Waals surface area contributed by atoms with Crippen LogP contribution in [0.25, 0.3) is 0 Å². The molecule has 0 radical (unpaired) electrons. The number of amides is 1. The van der Waals surface area contributed by atoms with Gasteiger partial charge in [-0.1, -0.05) is 22.6 Å². The molecule has 0 saturated carbocycles. The smallest absolute Gasteiger partial charge is 0.407 e. The third-order valence-electron chi connectivity index (χ3n) is 2.26. The van der Waals surface area contributed by atoms with Crippen molar-refractivity contribution in [3.8, 4) is 0 Å². The summed E-state index contributed by atoms with van der Waals surface area (Å²) in [6, 6.07) is 0.0917. The number of alkyl carbamates (subject to hydrolysis) is 1. The summed E-state index contributed by atoms with van der Waals surface area (Å²) in [7, 11) is 0. The number of carbonyl (C=O) groups excluding carboxylic acids is 1. The molecule has 1 rings (SSSR count). The lowest BCUT2D eigenvalue weighted by Crippen LogP contribution is -2.45. The van der Waals surface area contributed by atoms with E-state index in [0.29, 0.717) is 12.7 Å². The standard InChI is InChI=1S/C11H20INO3/c1-11(2,3)16-10(14)13-8-4-5-9(6-12)15-7-8/h8-9H,4-7H2,1-3H3,(H,13,14). The molecule has 0 bridgehead atoms. The summed E-state index contributed by atoms with van der Waals surface area (Å²) in [6.45, 7) is 6.16. The fraction of sp³-hybridized carbons (Fsp3) is 0.909. The van der Waals surface area contributed by atoms with E-state index in [1.807, 2.05) is 20.8 Å². The molecule has 1 saturated heterocycles. The Hall–Kier alpha value is -0.0400. The molecule has 94 valence electrons. The van der Waals surface area contributed by atoms with Crippen LogP contribution in [0.5, 0.6) is 0 Å². The van der Waals surface area contributed by atoms with E-state index in [1.165, 1.54) is 0 Å². The first-order chi connectivity index (χ1) is 7.40. The highest BCUT2D eigenvalue weighted by atomic mass is 127. The Kier molecular flexibility index (Phi) is 5.30. The summed E-state index contributed by atoms with van der Waals surface area (Å²) in [4.78, 5) is 11.5. The molecule has 4 nitrogen and oxygen atoms in total. The first-order valence-corrected chi connectivity index (χ1v) is 7.10. The Morgan fingerprint density at radius 2 is 2.19 bits per heavy atom. The molecule has 1 fully saturated rings. The maximum absolute atomic E-state index is 11.5. The van der Waals surface area contributed by atoms with Crippen LogP contribution in [0.15, 0.2) is 0 Å². The van der Waals surface area contributed by atoms with Gasteiger partial charge in [-0.15, -0.1) is 0 Å². The monoisotopic (exact) mass is 341 g/mol. The third-order valence-corrected chi connectivity index (χ3v) is 3.25. The first kappa shape index (κ1) is 14.0. The van der Waals surface area contributed by atoms with Crippen molar-refractivity contribution >= 4 is 28.7 Å². The van der Waals surface area contributed by atoms with Gasteiger partial charge in [-0.2, -0.15) is 0 Å². The first-order valence-electron chi connectivity index (χ1n) is 5.58. The second-order valence-corrected chi connectivity index (χ2v) is 5.91. The van der Waals surface area contributed by atoms with Crippen LogP contribution in [-0.2, 0) is 9.47 Å². The molecule has 1 heterocycles. The quantitative estimate of drug-likeness (QED) is 0.620. The number of alkyl halides is 1. The maximum atomic E-state index is 11.5. The molecular formula is C11H20INO3. The van der Waals surface area contributed by atoms with Crippen molar-refractivity contribution in [2.75, 3.05) is 11.0 Å². The van der Waals surface area contributed by atoms with Crippen molar-refractivity contribution in [3.63, 3.8) is 0 Å². The summed E-state index contributed by atoms with van der Waals surface area (Å²) < 4.78 is 11.8. The highest BCUT2D eigenvalue weighted by molar-refractivity contribution is 14.1. The summed E-state index contributed by atoms with van der Waals surface area (Å²) in [5.41, 5.74) is -0.440. The molecule has 1 aliphatic heterocycles. The van der Waals surface area contributed by atoms with E-state index >= 15 is 0 Å². The number of halogens is 1. The molecule has 1 N–H and O–H groups in total. The summed E-state index contributed by atoms with van der Waals surface area (Å²) in [5, 5.41) is 2.83. The molecule has 16 heavy (non-hydrogen) atoms. The van der Waals surface area contributed by atoms with Gasteiger partial charge in [-0.05, 0) is 33.6 Å². The minimum atomic E-state index is -0.440. The van der Waals surface area contributed by atoms with Gasteiger partial charge in [0.25, 0.3) is 0 Å². The van der Waals surface area contributed by atoms with Crippen LogP contribution in [-0.4, -0.2) is 34.9 Å². The Morgan fingerprint density at radius 1 is 1.50 bits per heavy atom. The molecule has 0 aromatic rings. The van der Waals surface area contributed by atoms with Gasteiger partial charge in [0, 0.05) is 4.43 Å². The van der Waals surface area contributed by atoms with E-state index in [2.05, 4.69) is 27.9 Å². The van der Waals surface area contributed by atoms with Gasteiger partial charge in [-0.25, -0.2) is 4.79 Å². The molecule has 2 atom stereocenters. The van der Waals surface area contributed by atoms with E-state index in [9.17, 15) is 4.79 Å². The van der Waals surface area contributed by atoms with Gasteiger partial charge < -0.3 is 14.8 Å². The molecule has 1 amide bonds. The second kappa shape index (κ2) is 6.05. The van der Waals surface area contributed by atoms with Crippen LogP contribution < -0.4 is 5.32 Å². The molecule has 1 aliphatic rings. The van der Waals surface area contributed by atoms with Crippen LogP contribution in [0.1, 0.15) is 33.6 Å². The predicted octanol–water partition coefficient (Wildman–Crippen LogP) is 2.49.